The van der Waals surface area contributed by atoms with E-state index >= 15 is 0 Å². The highest BCUT2D eigenvalue weighted by molar-refractivity contribution is 4.89. The van der Waals surface area contributed by atoms with Crippen LogP contribution in [0.4, 0.5) is 0 Å². The monoisotopic (exact) mass is 257 g/mol. The molecule has 108 valence electrons. The molecule has 3 nitrogen and oxygen atoms in total. The van der Waals surface area contributed by atoms with Crippen molar-refractivity contribution in [3.8, 4) is 0 Å². The number of nitrogens with one attached hydrogen (secondary N) is 1. The Bertz CT molecular complexity index is 203. The molecule has 0 unspecified atom stereocenters. The van der Waals surface area contributed by atoms with Crippen LogP contribution in [0.3, 0.4) is 0 Å². The maximum Gasteiger partial charge on any atom is 0.0487 e. The molecule has 0 amide bonds. The van der Waals surface area contributed by atoms with Gasteiger partial charge in [0.15, 0.2) is 0 Å². The van der Waals surface area contributed by atoms with Crippen molar-refractivity contribution in [3.63, 3.8) is 0 Å². The molecule has 0 radical (unpaired) electrons. The molecule has 1 saturated carbocycles. The van der Waals surface area contributed by atoms with Gasteiger partial charge in [0.25, 0.3) is 0 Å². The lowest BCUT2D eigenvalue weighted by Gasteiger charge is -2.42. The van der Waals surface area contributed by atoms with E-state index in [2.05, 4.69) is 19.2 Å². The first-order chi connectivity index (χ1) is 8.68. The smallest absolute Gasteiger partial charge is 0.0487 e. The van der Waals surface area contributed by atoms with E-state index in [0.717, 1.165) is 38.7 Å². The number of methoxy groups -OCH3 is 1. The van der Waals surface area contributed by atoms with Crippen molar-refractivity contribution in [2.45, 2.75) is 46.0 Å². The summed E-state index contributed by atoms with van der Waals surface area (Å²) in [5, 5.41) is 3.61. The van der Waals surface area contributed by atoms with Crippen LogP contribution < -0.4 is 5.32 Å². The van der Waals surface area contributed by atoms with Gasteiger partial charge in [-0.3, -0.25) is 0 Å². The van der Waals surface area contributed by atoms with Gasteiger partial charge in [-0.1, -0.05) is 20.3 Å². The summed E-state index contributed by atoms with van der Waals surface area (Å²) in [7, 11) is 1.74. The van der Waals surface area contributed by atoms with E-state index < -0.39 is 0 Å². The summed E-state index contributed by atoms with van der Waals surface area (Å²) < 4.78 is 10.7. The van der Waals surface area contributed by atoms with E-state index in [9.17, 15) is 0 Å². The van der Waals surface area contributed by atoms with Crippen LogP contribution in [-0.4, -0.2) is 40.0 Å². The van der Waals surface area contributed by atoms with Crippen LogP contribution in [0.15, 0.2) is 0 Å². The molecule has 0 bridgehead atoms. The largest absolute Gasteiger partial charge is 0.385 e. The highest BCUT2D eigenvalue weighted by Gasteiger charge is 2.35. The molecule has 18 heavy (non-hydrogen) atoms. The Morgan fingerprint density at radius 2 is 1.94 bits per heavy atom. The molecule has 0 aliphatic heterocycles. The Morgan fingerprint density at radius 1 is 1.17 bits per heavy atom. The summed E-state index contributed by atoms with van der Waals surface area (Å²) >= 11 is 0. The first kappa shape index (κ1) is 15.9. The van der Waals surface area contributed by atoms with Gasteiger partial charge in [0.2, 0.25) is 0 Å². The van der Waals surface area contributed by atoms with E-state index in [1.165, 1.54) is 32.2 Å². The summed E-state index contributed by atoms with van der Waals surface area (Å²) in [6.07, 6.45) is 6.37. The fourth-order valence-corrected chi connectivity index (χ4v) is 2.51. The van der Waals surface area contributed by atoms with E-state index in [4.69, 9.17) is 9.47 Å². The predicted molar refractivity (Wildman–Crippen MR) is 75.9 cm³/mol. The van der Waals surface area contributed by atoms with Crippen LogP contribution in [0.5, 0.6) is 0 Å². The van der Waals surface area contributed by atoms with Gasteiger partial charge in [0, 0.05) is 33.5 Å². The van der Waals surface area contributed by atoms with Crippen LogP contribution >= 0.6 is 0 Å². The van der Waals surface area contributed by atoms with E-state index in [1.807, 2.05) is 0 Å². The zero-order chi connectivity index (χ0) is 13.3. The average Bonchev–Trinajstić information content (AvgIpc) is 2.28. The van der Waals surface area contributed by atoms with E-state index in [0.29, 0.717) is 5.41 Å². The predicted octanol–water partition coefficient (Wildman–Crippen LogP) is 2.85. The maximum atomic E-state index is 5.69. The minimum atomic E-state index is 0.538. The molecule has 0 aromatic carbocycles. The van der Waals surface area contributed by atoms with Crippen molar-refractivity contribution in [1.29, 1.82) is 0 Å². The Balaban J connectivity index is 2.05. The standard InChI is InChI=1S/C15H31NO2/c1-14(2)12-16-13-15(6-4-7-15)8-11-18-10-5-9-17-3/h14,16H,4-13H2,1-3H3. The molecule has 0 aromatic rings. The Morgan fingerprint density at radius 3 is 2.50 bits per heavy atom. The van der Waals surface area contributed by atoms with Gasteiger partial charge in [0.05, 0.1) is 0 Å². The normalized spacial score (nSPS) is 18.0. The van der Waals surface area contributed by atoms with Gasteiger partial charge in [0.1, 0.15) is 0 Å². The SMILES string of the molecule is COCCCOCCC1(CNCC(C)C)CCC1. The van der Waals surface area contributed by atoms with Crippen molar-refractivity contribution in [2.24, 2.45) is 11.3 Å². The number of ether oxygens (including phenoxy) is 2. The van der Waals surface area contributed by atoms with Gasteiger partial charge < -0.3 is 14.8 Å². The lowest BCUT2D eigenvalue weighted by molar-refractivity contribution is 0.0419. The van der Waals surface area contributed by atoms with Gasteiger partial charge in [-0.15, -0.1) is 0 Å². The van der Waals surface area contributed by atoms with Gasteiger partial charge >= 0.3 is 0 Å². The molecule has 3 heteroatoms. The average molecular weight is 257 g/mol. The molecular formula is C15H31NO2. The summed E-state index contributed by atoms with van der Waals surface area (Å²) in [5.74, 6) is 0.743. The zero-order valence-corrected chi connectivity index (χ0v) is 12.5. The number of rotatable bonds is 11. The minimum absolute atomic E-state index is 0.538. The van der Waals surface area contributed by atoms with Crippen LogP contribution in [0.25, 0.3) is 0 Å². The molecule has 0 aromatic heterocycles. The van der Waals surface area contributed by atoms with Crippen molar-refractivity contribution >= 4 is 0 Å². The van der Waals surface area contributed by atoms with Gasteiger partial charge in [-0.2, -0.15) is 0 Å². The topological polar surface area (TPSA) is 30.5 Å². The zero-order valence-electron chi connectivity index (χ0n) is 12.5. The third kappa shape index (κ3) is 6.17. The molecule has 0 saturated heterocycles. The fourth-order valence-electron chi connectivity index (χ4n) is 2.51. The number of hydrogen-bond donors (Lipinski definition) is 1. The molecule has 1 aliphatic rings. The first-order valence-corrected chi connectivity index (χ1v) is 7.46. The van der Waals surface area contributed by atoms with Gasteiger partial charge in [-0.25, -0.2) is 0 Å². The van der Waals surface area contributed by atoms with Crippen molar-refractivity contribution in [2.75, 3.05) is 40.0 Å². The summed E-state index contributed by atoms with van der Waals surface area (Å²) in [6.45, 7) is 9.39. The quantitative estimate of drug-likeness (QED) is 0.577. The Hall–Kier alpha value is -0.120. The molecule has 0 spiro atoms. The molecule has 1 fully saturated rings. The molecular weight excluding hydrogens is 226 g/mol. The van der Waals surface area contributed by atoms with Crippen molar-refractivity contribution in [3.05, 3.63) is 0 Å². The second kappa shape index (κ2) is 8.89. The lowest BCUT2D eigenvalue weighted by atomic mass is 9.66. The first-order valence-electron chi connectivity index (χ1n) is 7.46. The second-order valence-electron chi connectivity index (χ2n) is 6.09. The summed E-state index contributed by atoms with van der Waals surface area (Å²) in [4.78, 5) is 0. The third-order valence-corrected chi connectivity index (χ3v) is 3.88. The van der Waals surface area contributed by atoms with E-state index in [-0.39, 0.29) is 0 Å². The molecule has 1 aliphatic carbocycles. The highest BCUT2D eigenvalue weighted by atomic mass is 16.5. The Labute approximate surface area is 113 Å². The summed E-state index contributed by atoms with van der Waals surface area (Å²) in [5.41, 5.74) is 0.538. The van der Waals surface area contributed by atoms with Crippen molar-refractivity contribution in [1.82, 2.24) is 5.32 Å². The molecule has 0 heterocycles. The third-order valence-electron chi connectivity index (χ3n) is 3.88. The highest BCUT2D eigenvalue weighted by Crippen LogP contribution is 2.43. The summed E-state index contributed by atoms with van der Waals surface area (Å²) in [6, 6.07) is 0. The molecule has 1 rings (SSSR count). The number of hydrogen-bond acceptors (Lipinski definition) is 3. The van der Waals surface area contributed by atoms with Gasteiger partial charge in [-0.05, 0) is 43.6 Å². The fraction of sp³-hybridized carbons (Fsp3) is 1.00. The Kier molecular flexibility index (Phi) is 7.87. The maximum absolute atomic E-state index is 5.69. The lowest BCUT2D eigenvalue weighted by Crippen LogP contribution is -2.41. The molecule has 0 atom stereocenters. The van der Waals surface area contributed by atoms with Crippen LogP contribution in [0.1, 0.15) is 46.0 Å². The van der Waals surface area contributed by atoms with E-state index in [1.54, 1.807) is 7.11 Å². The minimum Gasteiger partial charge on any atom is -0.385 e. The van der Waals surface area contributed by atoms with Crippen LogP contribution in [-0.2, 0) is 9.47 Å². The second-order valence-corrected chi connectivity index (χ2v) is 6.09. The van der Waals surface area contributed by atoms with Crippen molar-refractivity contribution < 1.29 is 9.47 Å². The molecule has 1 N–H and O–H groups in total. The van der Waals surface area contributed by atoms with Crippen LogP contribution in [0, 0.1) is 11.3 Å². The van der Waals surface area contributed by atoms with Crippen LogP contribution in [0.2, 0.25) is 0 Å².